The smallest absolute Gasteiger partial charge is 0.335 e. The van der Waals surface area contributed by atoms with Crippen molar-refractivity contribution in [2.75, 3.05) is 0 Å². The lowest BCUT2D eigenvalue weighted by molar-refractivity contribution is -0.169. The second kappa shape index (κ2) is 7.55. The third-order valence-corrected chi connectivity index (χ3v) is 4.04. The van der Waals surface area contributed by atoms with Crippen molar-refractivity contribution in [3.63, 3.8) is 0 Å². The molecule has 1 N–H and O–H groups in total. The van der Waals surface area contributed by atoms with Gasteiger partial charge in [0.1, 0.15) is 11.6 Å². The van der Waals surface area contributed by atoms with Crippen molar-refractivity contribution in [3.8, 4) is 0 Å². The van der Waals surface area contributed by atoms with Gasteiger partial charge in [-0.3, -0.25) is 14.4 Å². The van der Waals surface area contributed by atoms with Crippen molar-refractivity contribution in [2.24, 2.45) is 0 Å². The second-order valence-electron chi connectivity index (χ2n) is 6.04. The van der Waals surface area contributed by atoms with Crippen LogP contribution >= 0.6 is 0 Å². The summed E-state index contributed by atoms with van der Waals surface area (Å²) in [5.41, 5.74) is 0.0301. The molecule has 0 saturated heterocycles. The number of rotatable bonds is 5. The summed E-state index contributed by atoms with van der Waals surface area (Å²) in [7, 11) is 0. The number of hydrogen-bond donors (Lipinski definition) is 1. The highest BCUT2D eigenvalue weighted by Gasteiger charge is 2.39. The van der Waals surface area contributed by atoms with Gasteiger partial charge >= 0.3 is 5.97 Å². The molecule has 1 atom stereocenters. The number of carbonyl (C=O) groups excluding carboxylic acids is 4. The van der Waals surface area contributed by atoms with Gasteiger partial charge in [0.2, 0.25) is 5.91 Å². The number of hydrogen-bond acceptors (Lipinski definition) is 5. The number of amides is 3. The number of halogens is 2. The zero-order chi connectivity index (χ0) is 20.4. The quantitative estimate of drug-likeness (QED) is 0.794. The van der Waals surface area contributed by atoms with E-state index < -0.39 is 47.8 Å². The Bertz CT molecular complexity index is 957. The van der Waals surface area contributed by atoms with Crippen LogP contribution in [0.4, 0.5) is 8.78 Å². The van der Waals surface area contributed by atoms with E-state index in [1.807, 2.05) is 0 Å². The van der Waals surface area contributed by atoms with E-state index in [2.05, 4.69) is 5.32 Å². The Hall–Kier alpha value is -3.62. The first kappa shape index (κ1) is 19.2. The molecule has 9 heteroatoms. The molecule has 1 unspecified atom stereocenters. The number of hydroxylamine groups is 2. The molecule has 0 bridgehead atoms. The number of nitrogens with one attached hydrogen (secondary N) is 1. The Labute approximate surface area is 157 Å². The normalized spacial score (nSPS) is 13.9. The van der Waals surface area contributed by atoms with E-state index >= 15 is 0 Å². The summed E-state index contributed by atoms with van der Waals surface area (Å²) in [6.07, 6.45) is -0.588. The first-order valence-electron chi connectivity index (χ1n) is 8.18. The van der Waals surface area contributed by atoms with Gasteiger partial charge in [0.25, 0.3) is 11.8 Å². The molecule has 0 spiro atoms. The largest absolute Gasteiger partial charge is 0.349 e. The average molecular weight is 388 g/mol. The third-order valence-electron chi connectivity index (χ3n) is 4.04. The van der Waals surface area contributed by atoms with Crippen LogP contribution in [-0.4, -0.2) is 28.8 Å². The van der Waals surface area contributed by atoms with Gasteiger partial charge in [0.05, 0.1) is 23.6 Å². The molecular formula is C19H14F2N2O5. The second-order valence-corrected chi connectivity index (χ2v) is 6.04. The van der Waals surface area contributed by atoms with Crippen molar-refractivity contribution in [1.82, 2.24) is 10.4 Å². The van der Waals surface area contributed by atoms with E-state index in [1.54, 1.807) is 12.1 Å². The molecule has 0 aromatic heterocycles. The molecule has 0 aliphatic carbocycles. The molecule has 144 valence electrons. The summed E-state index contributed by atoms with van der Waals surface area (Å²) < 4.78 is 27.2. The molecule has 0 fully saturated rings. The summed E-state index contributed by atoms with van der Waals surface area (Å²) in [5, 5.41) is 2.68. The van der Waals surface area contributed by atoms with Crippen molar-refractivity contribution < 1.29 is 32.8 Å². The highest BCUT2D eigenvalue weighted by atomic mass is 19.1. The molecule has 0 saturated carbocycles. The van der Waals surface area contributed by atoms with Gasteiger partial charge in [0, 0.05) is 18.6 Å². The minimum Gasteiger partial charge on any atom is -0.349 e. The predicted octanol–water partition coefficient (Wildman–Crippen LogP) is 2.29. The number of fused-ring (bicyclic) bond motifs is 1. The molecule has 1 aliphatic rings. The first-order valence-corrected chi connectivity index (χ1v) is 8.18. The van der Waals surface area contributed by atoms with E-state index in [1.165, 1.54) is 12.1 Å². The van der Waals surface area contributed by atoms with Crippen LogP contribution in [0.1, 0.15) is 45.7 Å². The highest BCUT2D eigenvalue weighted by Crippen LogP contribution is 2.25. The minimum absolute atomic E-state index is 0.0864. The van der Waals surface area contributed by atoms with E-state index in [4.69, 9.17) is 4.84 Å². The van der Waals surface area contributed by atoms with E-state index in [-0.39, 0.29) is 16.7 Å². The lowest BCUT2D eigenvalue weighted by atomic mass is 10.0. The first-order chi connectivity index (χ1) is 13.3. The van der Waals surface area contributed by atoms with Crippen LogP contribution < -0.4 is 5.32 Å². The maximum atomic E-state index is 14.0. The van der Waals surface area contributed by atoms with Crippen molar-refractivity contribution in [3.05, 3.63) is 70.8 Å². The fraction of sp³-hybridized carbons (Fsp3) is 0.158. The zero-order valence-corrected chi connectivity index (χ0v) is 14.6. The molecule has 7 nitrogen and oxygen atoms in total. The summed E-state index contributed by atoms with van der Waals surface area (Å²) in [4.78, 5) is 53.0. The number of imide groups is 1. The molecule has 2 aromatic rings. The standard InChI is InChI=1S/C19H14F2N2O5/c1-10(24)22-16(14-7-6-11(20)8-15(14)21)9-17(25)28-23-18(26)12-4-2-3-5-13(12)19(23)27/h2-8,16H,9H2,1H3,(H,22,24). The highest BCUT2D eigenvalue weighted by molar-refractivity contribution is 6.20. The van der Waals surface area contributed by atoms with Gasteiger partial charge in [-0.2, -0.15) is 0 Å². The lowest BCUT2D eigenvalue weighted by Crippen LogP contribution is -2.35. The van der Waals surface area contributed by atoms with Gasteiger partial charge in [0.15, 0.2) is 0 Å². The Morgan fingerprint density at radius 3 is 2.21 bits per heavy atom. The summed E-state index contributed by atoms with van der Waals surface area (Å²) in [6, 6.07) is 7.43. The molecular weight excluding hydrogens is 374 g/mol. The van der Waals surface area contributed by atoms with Crippen LogP contribution in [0.3, 0.4) is 0 Å². The predicted molar refractivity (Wildman–Crippen MR) is 90.6 cm³/mol. The van der Waals surface area contributed by atoms with Gasteiger partial charge < -0.3 is 10.2 Å². The third kappa shape index (κ3) is 3.73. The Balaban J connectivity index is 1.77. The fourth-order valence-electron chi connectivity index (χ4n) is 2.82. The van der Waals surface area contributed by atoms with Gasteiger partial charge in [-0.15, -0.1) is 0 Å². The van der Waals surface area contributed by atoms with E-state index in [0.717, 1.165) is 19.1 Å². The van der Waals surface area contributed by atoms with Crippen LogP contribution in [0, 0.1) is 11.6 Å². The van der Waals surface area contributed by atoms with Crippen LogP contribution in [0.5, 0.6) is 0 Å². The number of benzene rings is 2. The topological polar surface area (TPSA) is 92.8 Å². The fourth-order valence-corrected chi connectivity index (χ4v) is 2.82. The summed E-state index contributed by atoms with van der Waals surface area (Å²) in [5.74, 6) is -5.03. The van der Waals surface area contributed by atoms with Crippen LogP contribution in [-0.2, 0) is 14.4 Å². The van der Waals surface area contributed by atoms with Gasteiger partial charge in [-0.05, 0) is 18.2 Å². The molecule has 3 rings (SSSR count). The Morgan fingerprint density at radius 1 is 1.07 bits per heavy atom. The number of nitrogens with zero attached hydrogens (tertiary/aromatic N) is 1. The van der Waals surface area contributed by atoms with E-state index in [0.29, 0.717) is 11.1 Å². The summed E-state index contributed by atoms with van der Waals surface area (Å²) >= 11 is 0. The monoisotopic (exact) mass is 388 g/mol. The van der Waals surface area contributed by atoms with Crippen molar-refractivity contribution in [1.29, 1.82) is 0 Å². The van der Waals surface area contributed by atoms with Crippen LogP contribution in [0.2, 0.25) is 0 Å². The molecule has 1 aliphatic heterocycles. The average Bonchev–Trinajstić information content (AvgIpc) is 2.86. The van der Waals surface area contributed by atoms with Gasteiger partial charge in [-0.25, -0.2) is 13.6 Å². The molecule has 28 heavy (non-hydrogen) atoms. The van der Waals surface area contributed by atoms with E-state index in [9.17, 15) is 28.0 Å². The maximum absolute atomic E-state index is 14.0. The molecule has 3 amide bonds. The lowest BCUT2D eigenvalue weighted by Gasteiger charge is -2.19. The zero-order valence-electron chi connectivity index (χ0n) is 14.6. The molecule has 0 radical (unpaired) electrons. The SMILES string of the molecule is CC(=O)NC(CC(=O)ON1C(=O)c2ccccc2C1=O)c1ccc(F)cc1F. The maximum Gasteiger partial charge on any atom is 0.335 e. The Kier molecular flexibility index (Phi) is 5.16. The Morgan fingerprint density at radius 2 is 1.68 bits per heavy atom. The van der Waals surface area contributed by atoms with Gasteiger partial charge in [-0.1, -0.05) is 23.3 Å². The molecule has 1 heterocycles. The minimum atomic E-state index is -1.18. The number of carbonyl (C=O) groups is 4. The van der Waals surface area contributed by atoms with Crippen molar-refractivity contribution in [2.45, 2.75) is 19.4 Å². The van der Waals surface area contributed by atoms with Crippen molar-refractivity contribution >= 4 is 23.7 Å². The summed E-state index contributed by atoms with van der Waals surface area (Å²) in [6.45, 7) is 1.16. The van der Waals surface area contributed by atoms with Crippen LogP contribution in [0.15, 0.2) is 42.5 Å². The molecule has 2 aromatic carbocycles. The van der Waals surface area contributed by atoms with Crippen LogP contribution in [0.25, 0.3) is 0 Å².